The highest BCUT2D eigenvalue weighted by atomic mass is 16.3. The molecule has 0 saturated carbocycles. The predicted molar refractivity (Wildman–Crippen MR) is 87.1 cm³/mol. The van der Waals surface area contributed by atoms with E-state index in [0.717, 1.165) is 16.3 Å². The van der Waals surface area contributed by atoms with Gasteiger partial charge in [0.1, 0.15) is 5.75 Å². The van der Waals surface area contributed by atoms with Crippen LogP contribution in [-0.2, 0) is 0 Å². The molecule has 0 unspecified atom stereocenters. The van der Waals surface area contributed by atoms with E-state index in [1.807, 2.05) is 42.5 Å². The fourth-order valence-electron chi connectivity index (χ4n) is 2.17. The second-order valence-electron chi connectivity index (χ2n) is 4.86. The number of rotatable bonds is 3. The molecule has 0 aromatic heterocycles. The minimum atomic E-state index is -0.368. The van der Waals surface area contributed by atoms with Gasteiger partial charge in [-0.05, 0) is 40.6 Å². The Kier molecular flexibility index (Phi) is 3.83. The van der Waals surface area contributed by atoms with Gasteiger partial charge in [0, 0.05) is 5.56 Å². The molecule has 0 fully saturated rings. The average molecular weight is 290 g/mol. The van der Waals surface area contributed by atoms with Crippen molar-refractivity contribution in [2.45, 2.75) is 0 Å². The molecule has 4 heteroatoms. The third-order valence-corrected chi connectivity index (χ3v) is 3.26. The van der Waals surface area contributed by atoms with Crippen LogP contribution in [0.4, 0.5) is 0 Å². The van der Waals surface area contributed by atoms with Crippen molar-refractivity contribution in [2.24, 2.45) is 5.10 Å². The summed E-state index contributed by atoms with van der Waals surface area (Å²) in [4.78, 5) is 11.9. The Morgan fingerprint density at radius 1 is 0.955 bits per heavy atom. The van der Waals surface area contributed by atoms with Crippen LogP contribution in [0, 0.1) is 0 Å². The Balaban J connectivity index is 1.72. The van der Waals surface area contributed by atoms with Crippen LogP contribution in [-0.4, -0.2) is 17.2 Å². The van der Waals surface area contributed by atoms with Crippen molar-refractivity contribution in [3.63, 3.8) is 0 Å². The van der Waals surface area contributed by atoms with Gasteiger partial charge in [-0.3, -0.25) is 4.79 Å². The number of hydrogen-bond donors (Lipinski definition) is 2. The van der Waals surface area contributed by atoms with Crippen molar-refractivity contribution in [3.8, 4) is 5.75 Å². The minimum absolute atomic E-state index is 0.0474. The molecule has 0 radical (unpaired) electrons. The average Bonchev–Trinajstić information content (AvgIpc) is 2.54. The van der Waals surface area contributed by atoms with Gasteiger partial charge in [-0.25, -0.2) is 5.43 Å². The van der Waals surface area contributed by atoms with Gasteiger partial charge in [0.25, 0.3) is 5.91 Å². The molecule has 0 heterocycles. The first-order chi connectivity index (χ1) is 10.7. The molecule has 3 rings (SSSR count). The number of hydrogen-bond acceptors (Lipinski definition) is 3. The second kappa shape index (κ2) is 6.10. The normalized spacial score (nSPS) is 10.9. The van der Waals surface area contributed by atoms with Crippen molar-refractivity contribution in [1.29, 1.82) is 0 Å². The number of phenols is 1. The first kappa shape index (κ1) is 13.8. The molecule has 0 spiro atoms. The number of aromatic hydroxyl groups is 1. The molecule has 22 heavy (non-hydrogen) atoms. The van der Waals surface area contributed by atoms with Crippen molar-refractivity contribution in [3.05, 3.63) is 77.9 Å². The number of benzene rings is 3. The maximum Gasteiger partial charge on any atom is 0.271 e. The molecule has 0 aliphatic rings. The smallest absolute Gasteiger partial charge is 0.271 e. The number of phenolic OH excluding ortho intramolecular Hbond substituents is 1. The second-order valence-corrected chi connectivity index (χ2v) is 4.86. The first-order valence-electron chi connectivity index (χ1n) is 6.83. The minimum Gasteiger partial charge on any atom is -0.508 e. The van der Waals surface area contributed by atoms with Crippen LogP contribution < -0.4 is 5.43 Å². The predicted octanol–water partition coefficient (Wildman–Crippen LogP) is 3.31. The number of amides is 1. The molecule has 0 aliphatic heterocycles. The number of hydrazone groups is 1. The SMILES string of the molecule is O=C(N/N=C\c1ccc2ccccc2c1)c1cccc(O)c1. The molecule has 0 atom stereocenters. The number of carbonyl (C=O) groups excluding carboxylic acids is 1. The molecular weight excluding hydrogens is 276 g/mol. The summed E-state index contributed by atoms with van der Waals surface area (Å²) in [5, 5.41) is 15.6. The lowest BCUT2D eigenvalue weighted by molar-refractivity contribution is 0.0954. The van der Waals surface area contributed by atoms with Crippen molar-refractivity contribution < 1.29 is 9.90 Å². The first-order valence-corrected chi connectivity index (χ1v) is 6.83. The van der Waals surface area contributed by atoms with Gasteiger partial charge < -0.3 is 5.11 Å². The number of nitrogens with zero attached hydrogens (tertiary/aromatic N) is 1. The van der Waals surface area contributed by atoms with Gasteiger partial charge in [-0.15, -0.1) is 0 Å². The van der Waals surface area contributed by atoms with Crippen LogP contribution in [0.5, 0.6) is 5.75 Å². The lowest BCUT2D eigenvalue weighted by atomic mass is 10.1. The lowest BCUT2D eigenvalue weighted by Crippen LogP contribution is -2.17. The van der Waals surface area contributed by atoms with Gasteiger partial charge in [-0.1, -0.05) is 42.5 Å². The maximum absolute atomic E-state index is 11.9. The van der Waals surface area contributed by atoms with E-state index in [4.69, 9.17) is 0 Å². The molecule has 2 N–H and O–H groups in total. The highest BCUT2D eigenvalue weighted by Gasteiger charge is 2.04. The van der Waals surface area contributed by atoms with Gasteiger partial charge in [0.05, 0.1) is 6.21 Å². The Morgan fingerprint density at radius 3 is 2.59 bits per heavy atom. The van der Waals surface area contributed by atoms with E-state index in [9.17, 15) is 9.90 Å². The zero-order valence-corrected chi connectivity index (χ0v) is 11.7. The van der Waals surface area contributed by atoms with Crippen molar-refractivity contribution in [2.75, 3.05) is 0 Å². The van der Waals surface area contributed by atoms with Crippen LogP contribution in [0.25, 0.3) is 10.8 Å². The third kappa shape index (κ3) is 3.12. The van der Waals surface area contributed by atoms with Crippen LogP contribution in [0.1, 0.15) is 15.9 Å². The zero-order valence-electron chi connectivity index (χ0n) is 11.7. The summed E-state index contributed by atoms with van der Waals surface area (Å²) in [6.45, 7) is 0. The Labute approximate surface area is 127 Å². The Hall–Kier alpha value is -3.14. The molecular formula is C18H14N2O2. The van der Waals surface area contributed by atoms with E-state index in [0.29, 0.717) is 5.56 Å². The summed E-state index contributed by atoms with van der Waals surface area (Å²) in [5.41, 5.74) is 3.70. The molecule has 108 valence electrons. The largest absolute Gasteiger partial charge is 0.508 e. The summed E-state index contributed by atoms with van der Waals surface area (Å²) >= 11 is 0. The fraction of sp³-hybridized carbons (Fsp3) is 0. The molecule has 4 nitrogen and oxygen atoms in total. The van der Waals surface area contributed by atoms with E-state index in [-0.39, 0.29) is 11.7 Å². The van der Waals surface area contributed by atoms with Gasteiger partial charge in [0.2, 0.25) is 0 Å². The summed E-state index contributed by atoms with van der Waals surface area (Å²) < 4.78 is 0. The third-order valence-electron chi connectivity index (χ3n) is 3.26. The van der Waals surface area contributed by atoms with E-state index < -0.39 is 0 Å². The zero-order chi connectivity index (χ0) is 15.4. The number of carbonyl (C=O) groups is 1. The lowest BCUT2D eigenvalue weighted by Gasteiger charge is -2.01. The number of nitrogens with one attached hydrogen (secondary N) is 1. The number of fused-ring (bicyclic) bond motifs is 1. The van der Waals surface area contributed by atoms with Crippen LogP contribution >= 0.6 is 0 Å². The molecule has 0 bridgehead atoms. The summed E-state index contributed by atoms with van der Waals surface area (Å²) in [6, 6.07) is 20.1. The molecule has 0 saturated heterocycles. The monoisotopic (exact) mass is 290 g/mol. The standard InChI is InChI=1S/C18H14N2O2/c21-17-7-3-6-16(11-17)18(22)20-19-12-13-8-9-14-4-1-2-5-15(14)10-13/h1-12,21H,(H,20,22)/b19-12-. The quantitative estimate of drug-likeness (QED) is 0.574. The molecule has 3 aromatic carbocycles. The van der Waals surface area contributed by atoms with E-state index in [1.54, 1.807) is 18.3 Å². The van der Waals surface area contributed by atoms with Gasteiger partial charge >= 0.3 is 0 Å². The van der Waals surface area contributed by atoms with Gasteiger partial charge in [-0.2, -0.15) is 5.10 Å². The molecule has 3 aromatic rings. The Bertz CT molecular complexity index is 856. The summed E-state index contributed by atoms with van der Waals surface area (Å²) in [7, 11) is 0. The molecule has 1 amide bonds. The highest BCUT2D eigenvalue weighted by molar-refractivity contribution is 5.95. The Morgan fingerprint density at radius 2 is 1.77 bits per heavy atom. The maximum atomic E-state index is 11.9. The topological polar surface area (TPSA) is 61.7 Å². The fourth-order valence-corrected chi connectivity index (χ4v) is 2.17. The van der Waals surface area contributed by atoms with E-state index in [2.05, 4.69) is 10.5 Å². The summed E-state index contributed by atoms with van der Waals surface area (Å²) in [6.07, 6.45) is 1.59. The van der Waals surface area contributed by atoms with Gasteiger partial charge in [0.15, 0.2) is 0 Å². The molecule has 0 aliphatic carbocycles. The van der Waals surface area contributed by atoms with Crippen molar-refractivity contribution >= 4 is 22.9 Å². The van der Waals surface area contributed by atoms with Crippen LogP contribution in [0.2, 0.25) is 0 Å². The van der Waals surface area contributed by atoms with Crippen LogP contribution in [0.15, 0.2) is 71.8 Å². The van der Waals surface area contributed by atoms with Crippen LogP contribution in [0.3, 0.4) is 0 Å². The highest BCUT2D eigenvalue weighted by Crippen LogP contribution is 2.14. The van der Waals surface area contributed by atoms with Crippen molar-refractivity contribution in [1.82, 2.24) is 5.43 Å². The van der Waals surface area contributed by atoms with E-state index >= 15 is 0 Å². The van der Waals surface area contributed by atoms with E-state index in [1.165, 1.54) is 12.1 Å². The summed E-state index contributed by atoms with van der Waals surface area (Å²) in [5.74, 6) is -0.320.